The monoisotopic (exact) mass is 294 g/mol. The van der Waals surface area contributed by atoms with Crippen LogP contribution >= 0.6 is 11.6 Å². The lowest BCUT2D eigenvalue weighted by molar-refractivity contribution is 0.0667. The maximum absolute atomic E-state index is 12.9. The predicted octanol–water partition coefficient (Wildman–Crippen LogP) is 3.11. The Kier molecular flexibility index (Phi) is 5.06. The smallest absolute Gasteiger partial charge is 0.255 e. The highest BCUT2D eigenvalue weighted by molar-refractivity contribution is 6.34. The molecule has 1 atom stereocenters. The van der Waals surface area contributed by atoms with Crippen LogP contribution in [0.3, 0.4) is 0 Å². The minimum Gasteiger partial charge on any atom is -0.334 e. The third-order valence-corrected chi connectivity index (χ3v) is 4.22. The van der Waals surface area contributed by atoms with E-state index in [-0.39, 0.29) is 11.9 Å². The molecule has 1 amide bonds. The lowest BCUT2D eigenvalue weighted by Crippen LogP contribution is -2.43. The van der Waals surface area contributed by atoms with Crippen molar-refractivity contribution in [3.63, 3.8) is 0 Å². The van der Waals surface area contributed by atoms with Gasteiger partial charge in [-0.3, -0.25) is 4.79 Å². The van der Waals surface area contributed by atoms with E-state index in [2.05, 4.69) is 19.2 Å². The number of hydrogen-bond donors (Lipinski definition) is 1. The molecule has 0 bridgehead atoms. The van der Waals surface area contributed by atoms with Crippen LogP contribution in [0, 0.1) is 12.8 Å². The standard InChI is InChI=1S/C16H23ClN2O/c1-11(2)10-19(13-7-8-18-9-13)16(20)14-6-4-5-12(3)15(14)17/h4-6,11,13,18H,7-10H2,1-3H3. The molecular formula is C16H23ClN2O. The van der Waals surface area contributed by atoms with Gasteiger partial charge in [0.15, 0.2) is 0 Å². The average Bonchev–Trinajstić information content (AvgIpc) is 2.92. The second kappa shape index (κ2) is 6.59. The lowest BCUT2D eigenvalue weighted by Gasteiger charge is -2.30. The summed E-state index contributed by atoms with van der Waals surface area (Å²) in [5.74, 6) is 0.504. The molecule has 110 valence electrons. The molecule has 0 aliphatic carbocycles. The lowest BCUT2D eigenvalue weighted by atomic mass is 10.1. The van der Waals surface area contributed by atoms with E-state index in [1.807, 2.05) is 30.0 Å². The molecule has 1 saturated heterocycles. The second-order valence-corrected chi connectivity index (χ2v) is 6.31. The largest absolute Gasteiger partial charge is 0.334 e. The molecule has 1 aliphatic heterocycles. The molecule has 0 spiro atoms. The molecule has 3 nitrogen and oxygen atoms in total. The van der Waals surface area contributed by atoms with Gasteiger partial charge in [0, 0.05) is 19.1 Å². The van der Waals surface area contributed by atoms with Crippen LogP contribution in [0.1, 0.15) is 36.2 Å². The van der Waals surface area contributed by atoms with E-state index in [0.717, 1.165) is 31.6 Å². The van der Waals surface area contributed by atoms with Crippen LogP contribution in [0.25, 0.3) is 0 Å². The van der Waals surface area contributed by atoms with Gasteiger partial charge in [-0.25, -0.2) is 0 Å². The van der Waals surface area contributed by atoms with Crippen LogP contribution in [-0.4, -0.2) is 36.5 Å². The van der Waals surface area contributed by atoms with Crippen LogP contribution in [0.4, 0.5) is 0 Å². The SMILES string of the molecule is Cc1cccc(C(=O)N(CC(C)C)C2CCNC2)c1Cl. The summed E-state index contributed by atoms with van der Waals surface area (Å²) < 4.78 is 0. The first-order chi connectivity index (χ1) is 9.50. The van der Waals surface area contributed by atoms with E-state index >= 15 is 0 Å². The van der Waals surface area contributed by atoms with Crippen molar-refractivity contribution in [2.75, 3.05) is 19.6 Å². The molecule has 1 aliphatic rings. The summed E-state index contributed by atoms with van der Waals surface area (Å²) in [6, 6.07) is 5.94. The summed E-state index contributed by atoms with van der Waals surface area (Å²) >= 11 is 6.31. The Hall–Kier alpha value is -1.06. The van der Waals surface area contributed by atoms with Gasteiger partial charge in [0.25, 0.3) is 5.91 Å². The zero-order chi connectivity index (χ0) is 14.7. The molecule has 1 N–H and O–H groups in total. The fraction of sp³-hybridized carbons (Fsp3) is 0.562. The van der Waals surface area contributed by atoms with Crippen molar-refractivity contribution in [3.05, 3.63) is 34.3 Å². The molecule has 0 radical (unpaired) electrons. The molecule has 0 aromatic heterocycles. The summed E-state index contributed by atoms with van der Waals surface area (Å²) in [7, 11) is 0. The Labute approximate surface area is 126 Å². The number of aryl methyl sites for hydroxylation is 1. The number of halogens is 1. The van der Waals surface area contributed by atoms with Gasteiger partial charge in [0.1, 0.15) is 0 Å². The zero-order valence-electron chi connectivity index (χ0n) is 12.4. The molecule has 4 heteroatoms. The Morgan fingerprint density at radius 2 is 2.25 bits per heavy atom. The number of nitrogens with one attached hydrogen (secondary N) is 1. The Morgan fingerprint density at radius 3 is 2.85 bits per heavy atom. The minimum absolute atomic E-state index is 0.0566. The van der Waals surface area contributed by atoms with Crippen molar-refractivity contribution in [3.8, 4) is 0 Å². The van der Waals surface area contributed by atoms with E-state index < -0.39 is 0 Å². The molecule has 1 aromatic carbocycles. The summed E-state index contributed by atoms with van der Waals surface area (Å²) in [5, 5.41) is 3.91. The molecule has 1 fully saturated rings. The van der Waals surface area contributed by atoms with Crippen molar-refractivity contribution in [1.82, 2.24) is 10.2 Å². The van der Waals surface area contributed by atoms with Crippen LogP contribution < -0.4 is 5.32 Å². The highest BCUT2D eigenvalue weighted by atomic mass is 35.5. The minimum atomic E-state index is 0.0566. The van der Waals surface area contributed by atoms with E-state index in [9.17, 15) is 4.79 Å². The van der Waals surface area contributed by atoms with Crippen molar-refractivity contribution in [2.24, 2.45) is 5.92 Å². The van der Waals surface area contributed by atoms with E-state index in [1.165, 1.54) is 0 Å². The van der Waals surface area contributed by atoms with Crippen LogP contribution in [0.5, 0.6) is 0 Å². The van der Waals surface area contributed by atoms with Gasteiger partial charge < -0.3 is 10.2 Å². The highest BCUT2D eigenvalue weighted by Crippen LogP contribution is 2.24. The van der Waals surface area contributed by atoms with E-state index in [0.29, 0.717) is 16.5 Å². The van der Waals surface area contributed by atoms with Gasteiger partial charge in [0.05, 0.1) is 10.6 Å². The van der Waals surface area contributed by atoms with Crippen LogP contribution in [0.15, 0.2) is 18.2 Å². The maximum atomic E-state index is 12.9. The van der Waals surface area contributed by atoms with Crippen LogP contribution in [0.2, 0.25) is 5.02 Å². The number of amides is 1. The van der Waals surface area contributed by atoms with Gasteiger partial charge in [0.2, 0.25) is 0 Å². The number of hydrogen-bond acceptors (Lipinski definition) is 2. The quantitative estimate of drug-likeness (QED) is 0.925. The third-order valence-electron chi connectivity index (χ3n) is 3.72. The third kappa shape index (κ3) is 3.33. The van der Waals surface area contributed by atoms with Gasteiger partial charge in [-0.05, 0) is 37.4 Å². The van der Waals surface area contributed by atoms with E-state index in [4.69, 9.17) is 11.6 Å². The Morgan fingerprint density at radius 1 is 1.50 bits per heavy atom. The summed E-state index contributed by atoms with van der Waals surface area (Å²) in [4.78, 5) is 14.8. The maximum Gasteiger partial charge on any atom is 0.255 e. The molecule has 1 unspecified atom stereocenters. The van der Waals surface area contributed by atoms with Gasteiger partial charge in [-0.15, -0.1) is 0 Å². The number of benzene rings is 1. The first-order valence-corrected chi connectivity index (χ1v) is 7.65. The zero-order valence-corrected chi connectivity index (χ0v) is 13.2. The van der Waals surface area contributed by atoms with Gasteiger partial charge in [-0.2, -0.15) is 0 Å². The molecule has 0 saturated carbocycles. The van der Waals surface area contributed by atoms with Gasteiger partial charge >= 0.3 is 0 Å². The van der Waals surface area contributed by atoms with Crippen LogP contribution in [-0.2, 0) is 0 Å². The van der Waals surface area contributed by atoms with Crippen molar-refractivity contribution in [2.45, 2.75) is 33.2 Å². The molecule has 2 rings (SSSR count). The fourth-order valence-electron chi connectivity index (χ4n) is 2.66. The second-order valence-electron chi connectivity index (χ2n) is 5.93. The molecule has 20 heavy (non-hydrogen) atoms. The first-order valence-electron chi connectivity index (χ1n) is 7.27. The topological polar surface area (TPSA) is 32.3 Å². The van der Waals surface area contributed by atoms with Crippen molar-refractivity contribution >= 4 is 17.5 Å². The van der Waals surface area contributed by atoms with Crippen molar-refractivity contribution < 1.29 is 4.79 Å². The van der Waals surface area contributed by atoms with Crippen molar-refractivity contribution in [1.29, 1.82) is 0 Å². The predicted molar refractivity (Wildman–Crippen MR) is 83.3 cm³/mol. The molecule has 1 heterocycles. The summed E-state index contributed by atoms with van der Waals surface area (Å²) in [6.45, 7) is 8.84. The Bertz CT molecular complexity index is 481. The number of nitrogens with zero attached hydrogens (tertiary/aromatic N) is 1. The average molecular weight is 295 g/mol. The van der Waals surface area contributed by atoms with Gasteiger partial charge in [-0.1, -0.05) is 37.6 Å². The number of rotatable bonds is 4. The number of carbonyl (C=O) groups is 1. The molecular weight excluding hydrogens is 272 g/mol. The highest BCUT2D eigenvalue weighted by Gasteiger charge is 2.28. The number of carbonyl (C=O) groups excluding carboxylic acids is 1. The normalized spacial score (nSPS) is 18.6. The Balaban J connectivity index is 2.27. The first kappa shape index (κ1) is 15.3. The fourth-order valence-corrected chi connectivity index (χ4v) is 2.87. The summed E-state index contributed by atoms with van der Waals surface area (Å²) in [5.41, 5.74) is 1.57. The van der Waals surface area contributed by atoms with E-state index in [1.54, 1.807) is 0 Å². The molecule has 1 aromatic rings. The summed E-state index contributed by atoms with van der Waals surface area (Å²) in [6.07, 6.45) is 1.02.